The second-order valence-electron chi connectivity index (χ2n) is 13.4. The number of carbonyl (C=O) groups is 2. The first-order chi connectivity index (χ1) is 26.6. The molecule has 0 saturated carbocycles. The van der Waals surface area contributed by atoms with Gasteiger partial charge in [0, 0.05) is 40.6 Å². The number of hydrogen-bond acceptors (Lipinski definition) is 4. The fourth-order valence-corrected chi connectivity index (χ4v) is 7.55. The van der Waals surface area contributed by atoms with E-state index in [0.717, 1.165) is 55.7 Å². The molecule has 54 heavy (non-hydrogen) atoms. The van der Waals surface area contributed by atoms with Gasteiger partial charge in [0.15, 0.2) is 0 Å². The minimum absolute atomic E-state index is 0.317. The third-order valence-corrected chi connectivity index (χ3v) is 10.2. The van der Waals surface area contributed by atoms with Gasteiger partial charge in [0.25, 0.3) is 11.8 Å². The smallest absolute Gasteiger partial charge is 0.261 e. The van der Waals surface area contributed by atoms with Crippen molar-refractivity contribution in [3.05, 3.63) is 205 Å². The van der Waals surface area contributed by atoms with Gasteiger partial charge in [-0.05, 0) is 82.6 Å². The first-order valence-electron chi connectivity index (χ1n) is 18.0. The van der Waals surface area contributed by atoms with Crippen molar-refractivity contribution in [3.63, 3.8) is 0 Å². The number of anilines is 6. The number of para-hydroxylation sites is 2. The van der Waals surface area contributed by atoms with Crippen LogP contribution in [0.2, 0.25) is 0 Å². The summed E-state index contributed by atoms with van der Waals surface area (Å²) in [5, 5.41) is 4.56. The molecule has 1 aliphatic heterocycles. The minimum atomic E-state index is -0.317. The van der Waals surface area contributed by atoms with Crippen LogP contribution in [-0.2, 0) is 9.59 Å². The Hall–Kier alpha value is -7.24. The summed E-state index contributed by atoms with van der Waals surface area (Å²) in [5.74, 6) is -0.634. The molecule has 0 fully saturated rings. The summed E-state index contributed by atoms with van der Waals surface area (Å²) in [4.78, 5) is 33.3. The molecule has 0 aliphatic carbocycles. The Morgan fingerprint density at radius 1 is 0.352 bits per heavy atom. The predicted octanol–water partition coefficient (Wildman–Crippen LogP) is 11.8. The van der Waals surface area contributed by atoms with Gasteiger partial charge in [-0.3, -0.25) is 14.5 Å². The summed E-state index contributed by atoms with van der Waals surface area (Å²) in [6.07, 6.45) is 0. The fraction of sp³-hybridized carbons (Fsp3) is 0.0204. The number of fused-ring (bicyclic) bond motifs is 2. The summed E-state index contributed by atoms with van der Waals surface area (Å²) in [6.45, 7) is 0. The van der Waals surface area contributed by atoms with Gasteiger partial charge in [0.2, 0.25) is 0 Å². The molecule has 5 nitrogen and oxygen atoms in total. The van der Waals surface area contributed by atoms with Crippen LogP contribution in [0.25, 0.3) is 32.7 Å². The van der Waals surface area contributed by atoms with Crippen LogP contribution in [0.5, 0.6) is 0 Å². The van der Waals surface area contributed by atoms with Crippen LogP contribution in [0.3, 0.4) is 0 Å². The summed E-state index contributed by atoms with van der Waals surface area (Å²) in [7, 11) is 1.55. The maximum absolute atomic E-state index is 13.8. The van der Waals surface area contributed by atoms with Crippen molar-refractivity contribution in [2.24, 2.45) is 0 Å². The first-order valence-corrected chi connectivity index (χ1v) is 18.0. The third kappa shape index (κ3) is 5.69. The lowest BCUT2D eigenvalue weighted by Gasteiger charge is -2.27. The number of carbonyl (C=O) groups excluding carboxylic acids is 2. The Bertz CT molecular complexity index is 2510. The van der Waals surface area contributed by atoms with Crippen LogP contribution in [0.4, 0.5) is 34.1 Å². The van der Waals surface area contributed by atoms with E-state index >= 15 is 0 Å². The SMILES string of the molecule is CN1C(=O)C(c2ccc(N(c3ccccc3)c3cccc4ccccc34)cc2)=C(c2ccc(N(c3ccccc3)c3cccc4ccccc34)cc2)C1=O. The number of amides is 2. The molecular weight excluding hydrogens is 663 g/mol. The molecule has 0 spiro atoms. The summed E-state index contributed by atoms with van der Waals surface area (Å²) < 4.78 is 0. The average Bonchev–Trinajstić information content (AvgIpc) is 3.46. The zero-order chi connectivity index (χ0) is 36.6. The molecule has 0 N–H and O–H groups in total. The molecule has 0 saturated heterocycles. The summed E-state index contributed by atoms with van der Waals surface area (Å²) >= 11 is 0. The van der Waals surface area contributed by atoms with Gasteiger partial charge in [-0.25, -0.2) is 0 Å². The largest absolute Gasteiger partial charge is 0.310 e. The van der Waals surface area contributed by atoms with E-state index in [1.54, 1.807) is 7.05 Å². The molecule has 1 aliphatic rings. The summed E-state index contributed by atoms with van der Waals surface area (Å²) in [6, 6.07) is 65.7. The van der Waals surface area contributed by atoms with E-state index in [1.165, 1.54) is 4.90 Å². The standard InChI is InChI=1S/C49H35N3O2/c1-50-48(53)46(36-26-30-40(31-27-36)51(38-18-4-2-5-19-38)44-24-12-16-34-14-8-10-22-42(34)44)47(49(50)54)37-28-32-41(33-29-37)52(39-20-6-3-7-21-39)45-25-13-17-35-15-9-11-23-43(35)45/h2-33H,1H3. The topological polar surface area (TPSA) is 43.9 Å². The van der Waals surface area contributed by atoms with Crippen molar-refractivity contribution in [1.29, 1.82) is 0 Å². The van der Waals surface area contributed by atoms with Crippen molar-refractivity contribution >= 4 is 78.6 Å². The Morgan fingerprint density at radius 3 is 1.09 bits per heavy atom. The third-order valence-electron chi connectivity index (χ3n) is 10.2. The van der Waals surface area contributed by atoms with Crippen molar-refractivity contribution in [1.82, 2.24) is 4.90 Å². The van der Waals surface area contributed by atoms with E-state index in [2.05, 4.69) is 107 Å². The normalized spacial score (nSPS) is 12.9. The lowest BCUT2D eigenvalue weighted by molar-refractivity contribution is -0.134. The van der Waals surface area contributed by atoms with Crippen LogP contribution < -0.4 is 9.80 Å². The van der Waals surface area contributed by atoms with Crippen molar-refractivity contribution < 1.29 is 9.59 Å². The quantitative estimate of drug-likeness (QED) is 0.148. The van der Waals surface area contributed by atoms with Crippen LogP contribution in [0, 0.1) is 0 Å². The van der Waals surface area contributed by atoms with E-state index in [4.69, 9.17) is 0 Å². The summed E-state index contributed by atoms with van der Waals surface area (Å²) in [5.41, 5.74) is 8.17. The molecule has 8 aromatic carbocycles. The number of likely N-dealkylation sites (N-methyl/N-ethyl adjacent to an activating group) is 1. The van der Waals surface area contributed by atoms with Crippen LogP contribution in [0.1, 0.15) is 11.1 Å². The fourth-order valence-electron chi connectivity index (χ4n) is 7.55. The average molecular weight is 698 g/mol. The molecule has 9 rings (SSSR count). The van der Waals surface area contributed by atoms with E-state index in [1.807, 2.05) is 97.1 Å². The van der Waals surface area contributed by atoms with Crippen molar-refractivity contribution in [3.8, 4) is 0 Å². The molecular formula is C49H35N3O2. The van der Waals surface area contributed by atoms with E-state index in [9.17, 15) is 9.59 Å². The highest BCUT2D eigenvalue weighted by Crippen LogP contribution is 2.43. The number of benzene rings is 8. The number of nitrogens with zero attached hydrogens (tertiary/aromatic N) is 3. The Kier molecular flexibility index (Phi) is 8.29. The van der Waals surface area contributed by atoms with Gasteiger partial charge < -0.3 is 9.80 Å². The van der Waals surface area contributed by atoms with Gasteiger partial charge in [0.05, 0.1) is 22.5 Å². The lowest BCUT2D eigenvalue weighted by Crippen LogP contribution is -2.26. The van der Waals surface area contributed by atoms with Gasteiger partial charge >= 0.3 is 0 Å². The Labute approximate surface area is 314 Å². The van der Waals surface area contributed by atoms with E-state index in [-0.39, 0.29) is 11.8 Å². The van der Waals surface area contributed by atoms with Crippen LogP contribution in [0.15, 0.2) is 194 Å². The number of hydrogen-bond donors (Lipinski definition) is 0. The van der Waals surface area contributed by atoms with Gasteiger partial charge in [-0.15, -0.1) is 0 Å². The molecule has 0 radical (unpaired) electrons. The molecule has 258 valence electrons. The highest BCUT2D eigenvalue weighted by atomic mass is 16.2. The maximum atomic E-state index is 13.8. The molecule has 5 heteroatoms. The zero-order valence-electron chi connectivity index (χ0n) is 29.6. The monoisotopic (exact) mass is 697 g/mol. The van der Waals surface area contributed by atoms with Crippen LogP contribution in [-0.4, -0.2) is 23.8 Å². The molecule has 0 aromatic heterocycles. The predicted molar refractivity (Wildman–Crippen MR) is 222 cm³/mol. The van der Waals surface area contributed by atoms with Crippen molar-refractivity contribution in [2.45, 2.75) is 0 Å². The molecule has 0 unspecified atom stereocenters. The first kappa shape index (κ1) is 32.7. The minimum Gasteiger partial charge on any atom is -0.310 e. The Balaban J connectivity index is 1.12. The second-order valence-corrected chi connectivity index (χ2v) is 13.4. The van der Waals surface area contributed by atoms with Gasteiger partial charge in [-0.1, -0.05) is 133 Å². The molecule has 1 heterocycles. The number of imide groups is 1. The van der Waals surface area contributed by atoms with Crippen LogP contribution >= 0.6 is 0 Å². The maximum Gasteiger partial charge on any atom is 0.261 e. The van der Waals surface area contributed by atoms with E-state index < -0.39 is 0 Å². The van der Waals surface area contributed by atoms with E-state index in [0.29, 0.717) is 22.3 Å². The second kappa shape index (κ2) is 13.7. The van der Waals surface area contributed by atoms with Gasteiger partial charge in [0.1, 0.15) is 0 Å². The highest BCUT2D eigenvalue weighted by Gasteiger charge is 2.37. The molecule has 0 bridgehead atoms. The molecule has 2 amide bonds. The Morgan fingerprint density at radius 2 is 0.685 bits per heavy atom. The number of rotatable bonds is 8. The highest BCUT2D eigenvalue weighted by molar-refractivity contribution is 6.48. The zero-order valence-corrected chi connectivity index (χ0v) is 29.6. The lowest BCUT2D eigenvalue weighted by atomic mass is 9.95. The van der Waals surface area contributed by atoms with Gasteiger partial charge in [-0.2, -0.15) is 0 Å². The van der Waals surface area contributed by atoms with Crippen molar-refractivity contribution in [2.75, 3.05) is 16.8 Å². The molecule has 0 atom stereocenters. The molecule has 8 aromatic rings.